The maximum Gasteiger partial charge on any atom is 0.325 e. The summed E-state index contributed by atoms with van der Waals surface area (Å²) in [6, 6.07) is 4.18. The van der Waals surface area contributed by atoms with Crippen molar-refractivity contribution in [2.45, 2.75) is 58.9 Å². The molecule has 1 aromatic carbocycles. The summed E-state index contributed by atoms with van der Waals surface area (Å²) in [6.45, 7) is 12.5. The molecule has 1 unspecified atom stereocenters. The Kier molecular flexibility index (Phi) is 6.78. The summed E-state index contributed by atoms with van der Waals surface area (Å²) < 4.78 is 5.79. The van der Waals surface area contributed by atoms with Crippen molar-refractivity contribution >= 4 is 5.97 Å². The number of hydrogen-bond acceptors (Lipinski definition) is 5. The predicted octanol–water partition coefficient (Wildman–Crippen LogP) is 3.85. The van der Waals surface area contributed by atoms with Gasteiger partial charge in [0.15, 0.2) is 0 Å². The summed E-state index contributed by atoms with van der Waals surface area (Å²) in [5.74, 6) is 0.594. The van der Waals surface area contributed by atoms with Crippen LogP contribution in [0.25, 0.3) is 0 Å². The lowest BCUT2D eigenvalue weighted by Crippen LogP contribution is -2.50. The third kappa shape index (κ3) is 5.15. The normalized spacial score (nSPS) is 21.6. The van der Waals surface area contributed by atoms with E-state index in [0.29, 0.717) is 18.3 Å². The van der Waals surface area contributed by atoms with E-state index in [2.05, 4.69) is 36.6 Å². The van der Waals surface area contributed by atoms with E-state index in [1.54, 1.807) is 6.07 Å². The van der Waals surface area contributed by atoms with Crippen molar-refractivity contribution in [3.63, 3.8) is 0 Å². The number of piperazine rings is 1. The second kappa shape index (κ2) is 9.10. The zero-order valence-corrected chi connectivity index (χ0v) is 17.7. The van der Waals surface area contributed by atoms with Gasteiger partial charge in [0.25, 0.3) is 0 Å². The number of rotatable bonds is 5. The van der Waals surface area contributed by atoms with Gasteiger partial charge in [0.05, 0.1) is 6.54 Å². The minimum absolute atomic E-state index is 0.103. The fourth-order valence-electron chi connectivity index (χ4n) is 4.32. The highest BCUT2D eigenvalue weighted by Gasteiger charge is 2.25. The summed E-state index contributed by atoms with van der Waals surface area (Å²) in [5.41, 5.74) is 2.98. The van der Waals surface area contributed by atoms with Crippen molar-refractivity contribution in [1.29, 1.82) is 0 Å². The third-order valence-electron chi connectivity index (χ3n) is 5.92. The van der Waals surface area contributed by atoms with E-state index in [-0.39, 0.29) is 17.6 Å². The molecule has 1 fully saturated rings. The fourth-order valence-corrected chi connectivity index (χ4v) is 4.32. The van der Waals surface area contributed by atoms with Crippen LogP contribution in [0.15, 0.2) is 23.8 Å². The lowest BCUT2D eigenvalue weighted by atomic mass is 9.85. The number of phenols is 1. The number of benzene rings is 1. The first-order valence-corrected chi connectivity index (χ1v) is 10.5. The zero-order valence-electron chi connectivity index (χ0n) is 17.7. The number of nitrogens with zero attached hydrogens (tertiary/aromatic N) is 2. The molecule has 0 saturated carbocycles. The van der Waals surface area contributed by atoms with Gasteiger partial charge in [0.2, 0.25) is 0 Å². The highest BCUT2D eigenvalue weighted by molar-refractivity contribution is 5.75. The number of esters is 1. The van der Waals surface area contributed by atoms with Crippen LogP contribution in [0.4, 0.5) is 0 Å². The van der Waals surface area contributed by atoms with Crippen LogP contribution in [0.3, 0.4) is 0 Å². The molecule has 1 atom stereocenters. The largest absolute Gasteiger partial charge is 0.507 e. The highest BCUT2D eigenvalue weighted by atomic mass is 16.5. The molecule has 0 radical (unpaired) electrons. The SMILES string of the molecule is CC1=CC(c2c(O)cc(C)cc2OC(=O)CN2CCN(C(C)C)CC2)CCC1. The molecule has 1 N–H and O–H groups in total. The second-order valence-electron chi connectivity index (χ2n) is 8.59. The zero-order chi connectivity index (χ0) is 20.3. The molecular formula is C23H34N2O3. The van der Waals surface area contributed by atoms with Crippen molar-refractivity contribution in [1.82, 2.24) is 9.80 Å². The summed E-state index contributed by atoms with van der Waals surface area (Å²) >= 11 is 0. The first-order valence-electron chi connectivity index (χ1n) is 10.5. The van der Waals surface area contributed by atoms with Crippen LogP contribution in [-0.2, 0) is 4.79 Å². The van der Waals surface area contributed by atoms with Gasteiger partial charge in [0, 0.05) is 43.7 Å². The van der Waals surface area contributed by atoms with Crippen LogP contribution in [0.5, 0.6) is 11.5 Å². The standard InChI is InChI=1S/C23H34N2O3/c1-16(2)25-10-8-24(9-11-25)15-22(27)28-21-14-18(4)13-20(26)23(21)19-7-5-6-17(3)12-19/h12-14,16,19,26H,5-11,15H2,1-4H3. The molecular weight excluding hydrogens is 352 g/mol. The summed E-state index contributed by atoms with van der Waals surface area (Å²) in [4.78, 5) is 17.2. The monoisotopic (exact) mass is 386 g/mol. The van der Waals surface area contributed by atoms with E-state index in [0.717, 1.165) is 56.6 Å². The van der Waals surface area contributed by atoms with E-state index in [1.165, 1.54) is 5.57 Å². The first-order chi connectivity index (χ1) is 13.3. The molecule has 154 valence electrons. The van der Waals surface area contributed by atoms with Crippen molar-refractivity contribution in [2.24, 2.45) is 0 Å². The molecule has 28 heavy (non-hydrogen) atoms. The molecule has 3 rings (SSSR count). The van der Waals surface area contributed by atoms with Crippen molar-refractivity contribution in [2.75, 3.05) is 32.7 Å². The van der Waals surface area contributed by atoms with E-state index in [1.807, 2.05) is 13.0 Å². The van der Waals surface area contributed by atoms with Gasteiger partial charge in [-0.1, -0.05) is 11.6 Å². The Hall–Kier alpha value is -1.85. The van der Waals surface area contributed by atoms with Gasteiger partial charge in [-0.05, 0) is 64.7 Å². The van der Waals surface area contributed by atoms with E-state index >= 15 is 0 Å². The molecule has 5 heteroatoms. The van der Waals surface area contributed by atoms with Gasteiger partial charge in [-0.3, -0.25) is 14.6 Å². The van der Waals surface area contributed by atoms with Gasteiger partial charge in [0.1, 0.15) is 11.5 Å². The molecule has 5 nitrogen and oxygen atoms in total. The van der Waals surface area contributed by atoms with E-state index in [4.69, 9.17) is 4.74 Å². The molecule has 1 aliphatic carbocycles. The lowest BCUT2D eigenvalue weighted by Gasteiger charge is -2.36. The lowest BCUT2D eigenvalue weighted by molar-refractivity contribution is -0.136. The van der Waals surface area contributed by atoms with Crippen LogP contribution in [-0.4, -0.2) is 59.6 Å². The summed E-state index contributed by atoms with van der Waals surface area (Å²) in [6.07, 6.45) is 5.36. The molecule has 1 saturated heterocycles. The predicted molar refractivity (Wildman–Crippen MR) is 112 cm³/mol. The van der Waals surface area contributed by atoms with Crippen LogP contribution in [0.1, 0.15) is 57.1 Å². The minimum Gasteiger partial charge on any atom is -0.507 e. The van der Waals surface area contributed by atoms with Crippen LogP contribution in [0.2, 0.25) is 0 Å². The number of carbonyl (C=O) groups excluding carboxylic acids is 1. The Balaban J connectivity index is 1.70. The smallest absolute Gasteiger partial charge is 0.325 e. The molecule has 0 bridgehead atoms. The maximum atomic E-state index is 12.6. The number of phenolic OH excluding ortho intramolecular Hbond substituents is 1. The quantitative estimate of drug-likeness (QED) is 0.473. The van der Waals surface area contributed by atoms with Crippen molar-refractivity contribution in [3.8, 4) is 11.5 Å². The first kappa shape index (κ1) is 20.9. The number of ether oxygens (including phenoxy) is 1. The average Bonchev–Trinajstić information content (AvgIpc) is 2.61. The molecule has 0 spiro atoms. The Morgan fingerprint density at radius 2 is 1.93 bits per heavy atom. The van der Waals surface area contributed by atoms with Gasteiger partial charge >= 0.3 is 5.97 Å². The van der Waals surface area contributed by atoms with Gasteiger partial charge < -0.3 is 9.84 Å². The Morgan fingerprint density at radius 1 is 1.21 bits per heavy atom. The highest BCUT2D eigenvalue weighted by Crippen LogP contribution is 2.41. The molecule has 1 heterocycles. The molecule has 0 amide bonds. The number of hydrogen-bond donors (Lipinski definition) is 1. The van der Waals surface area contributed by atoms with Crippen molar-refractivity contribution < 1.29 is 14.6 Å². The molecule has 1 aliphatic heterocycles. The summed E-state index contributed by atoms with van der Waals surface area (Å²) in [7, 11) is 0. The second-order valence-corrected chi connectivity index (χ2v) is 8.59. The average molecular weight is 387 g/mol. The van der Waals surface area contributed by atoms with Crippen LogP contribution < -0.4 is 4.74 Å². The maximum absolute atomic E-state index is 12.6. The number of carbonyl (C=O) groups is 1. The Morgan fingerprint density at radius 3 is 2.57 bits per heavy atom. The number of aryl methyl sites for hydroxylation is 1. The Labute approximate surface area is 169 Å². The van der Waals surface area contributed by atoms with Gasteiger partial charge in [-0.2, -0.15) is 0 Å². The third-order valence-corrected chi connectivity index (χ3v) is 5.92. The number of aromatic hydroxyl groups is 1. The Bertz CT molecular complexity index is 734. The fraction of sp³-hybridized carbons (Fsp3) is 0.609. The van der Waals surface area contributed by atoms with Gasteiger partial charge in [-0.25, -0.2) is 0 Å². The van der Waals surface area contributed by atoms with E-state index in [9.17, 15) is 9.90 Å². The molecule has 2 aliphatic rings. The number of allylic oxidation sites excluding steroid dienone is 2. The minimum atomic E-state index is -0.249. The molecule has 1 aromatic rings. The van der Waals surface area contributed by atoms with Gasteiger partial charge in [-0.15, -0.1) is 0 Å². The van der Waals surface area contributed by atoms with Crippen molar-refractivity contribution in [3.05, 3.63) is 34.9 Å². The topological polar surface area (TPSA) is 53.0 Å². The van der Waals surface area contributed by atoms with Crippen LogP contribution in [0, 0.1) is 6.92 Å². The molecule has 0 aromatic heterocycles. The van der Waals surface area contributed by atoms with Crippen LogP contribution >= 0.6 is 0 Å². The van der Waals surface area contributed by atoms with E-state index < -0.39 is 0 Å². The summed E-state index contributed by atoms with van der Waals surface area (Å²) in [5, 5.41) is 10.6.